The molecule has 0 bridgehead atoms. The van der Waals surface area contributed by atoms with Crippen LogP contribution in [0.15, 0.2) is 35.5 Å². The number of carbonyl (C=O) groups excluding carboxylic acids is 1. The van der Waals surface area contributed by atoms with Crippen LogP contribution in [0.5, 0.6) is 0 Å². The van der Waals surface area contributed by atoms with Crippen molar-refractivity contribution in [1.82, 2.24) is 4.90 Å². The number of rotatable bonds is 3. The molecule has 18 heavy (non-hydrogen) atoms. The van der Waals surface area contributed by atoms with E-state index in [9.17, 15) is 4.79 Å². The minimum atomic E-state index is 0.0358. The van der Waals surface area contributed by atoms with E-state index in [1.54, 1.807) is 6.92 Å². The predicted octanol–water partition coefficient (Wildman–Crippen LogP) is 2.45. The van der Waals surface area contributed by atoms with Crippen molar-refractivity contribution in [2.24, 2.45) is 11.1 Å². The van der Waals surface area contributed by atoms with Gasteiger partial charge in [-0.1, -0.05) is 35.5 Å². The van der Waals surface area contributed by atoms with Gasteiger partial charge in [-0.3, -0.25) is 4.79 Å². The van der Waals surface area contributed by atoms with Crippen LogP contribution in [0, 0.1) is 5.92 Å². The van der Waals surface area contributed by atoms with Gasteiger partial charge >= 0.3 is 0 Å². The summed E-state index contributed by atoms with van der Waals surface area (Å²) in [4.78, 5) is 13.9. The summed E-state index contributed by atoms with van der Waals surface area (Å²) in [6, 6.07) is 10.0. The van der Waals surface area contributed by atoms with E-state index in [0.717, 1.165) is 5.56 Å². The van der Waals surface area contributed by atoms with E-state index < -0.39 is 0 Å². The lowest BCUT2D eigenvalue weighted by atomic mass is 10.0. The van der Waals surface area contributed by atoms with E-state index in [1.165, 1.54) is 0 Å². The molecule has 4 nitrogen and oxygen atoms in total. The van der Waals surface area contributed by atoms with Gasteiger partial charge in [-0.15, -0.1) is 0 Å². The van der Waals surface area contributed by atoms with Gasteiger partial charge in [-0.05, 0) is 19.4 Å². The first-order chi connectivity index (χ1) is 8.63. The third-order valence-electron chi connectivity index (χ3n) is 3.66. The summed E-state index contributed by atoms with van der Waals surface area (Å²) < 4.78 is 0. The van der Waals surface area contributed by atoms with Gasteiger partial charge in [0, 0.05) is 18.9 Å². The first-order valence-electron chi connectivity index (χ1n) is 6.16. The molecule has 0 unspecified atom stereocenters. The Hall–Kier alpha value is -1.84. The average molecular weight is 246 g/mol. The highest BCUT2D eigenvalue weighted by atomic mass is 16.4. The minimum Gasteiger partial charge on any atom is -0.411 e. The van der Waals surface area contributed by atoms with Crippen LogP contribution in [0.25, 0.3) is 0 Å². The fraction of sp³-hybridized carbons (Fsp3) is 0.429. The van der Waals surface area contributed by atoms with Crippen molar-refractivity contribution >= 4 is 11.6 Å². The smallest absolute Gasteiger partial charge is 0.223 e. The van der Waals surface area contributed by atoms with Crippen LogP contribution in [0.4, 0.5) is 0 Å². The van der Waals surface area contributed by atoms with Crippen molar-refractivity contribution in [3.8, 4) is 0 Å². The molecule has 0 aromatic heterocycles. The fourth-order valence-electron chi connectivity index (χ4n) is 2.38. The van der Waals surface area contributed by atoms with Crippen LogP contribution in [0.1, 0.15) is 31.9 Å². The molecular weight excluding hydrogens is 228 g/mol. The van der Waals surface area contributed by atoms with Gasteiger partial charge in [0.15, 0.2) is 0 Å². The molecular formula is C14H18N2O2. The summed E-state index contributed by atoms with van der Waals surface area (Å²) in [7, 11) is 0. The molecule has 2 atom stereocenters. The topological polar surface area (TPSA) is 52.9 Å². The van der Waals surface area contributed by atoms with E-state index in [4.69, 9.17) is 5.21 Å². The van der Waals surface area contributed by atoms with Crippen LogP contribution in [0.3, 0.4) is 0 Å². The van der Waals surface area contributed by atoms with Crippen molar-refractivity contribution in [2.45, 2.75) is 26.3 Å². The summed E-state index contributed by atoms with van der Waals surface area (Å²) in [5.74, 6) is 0.160. The van der Waals surface area contributed by atoms with Crippen LogP contribution < -0.4 is 0 Å². The molecule has 1 aliphatic heterocycles. The van der Waals surface area contributed by atoms with Crippen LogP contribution in [0.2, 0.25) is 0 Å². The Morgan fingerprint density at radius 2 is 2.11 bits per heavy atom. The van der Waals surface area contributed by atoms with Crippen molar-refractivity contribution in [2.75, 3.05) is 6.54 Å². The zero-order chi connectivity index (χ0) is 13.1. The highest BCUT2D eigenvalue weighted by molar-refractivity contribution is 5.92. The highest BCUT2D eigenvalue weighted by Crippen LogP contribution is 2.28. The van der Waals surface area contributed by atoms with Crippen LogP contribution >= 0.6 is 0 Å². The molecule has 1 aromatic rings. The first kappa shape index (κ1) is 12.6. The number of hydrogen-bond donors (Lipinski definition) is 1. The van der Waals surface area contributed by atoms with Crippen molar-refractivity contribution < 1.29 is 10.0 Å². The van der Waals surface area contributed by atoms with Gasteiger partial charge in [0.1, 0.15) is 0 Å². The third kappa shape index (κ3) is 2.37. The molecule has 0 spiro atoms. The van der Waals surface area contributed by atoms with Gasteiger partial charge in [-0.25, -0.2) is 0 Å². The molecule has 0 aliphatic carbocycles. The quantitative estimate of drug-likeness (QED) is 0.506. The van der Waals surface area contributed by atoms with E-state index in [0.29, 0.717) is 18.7 Å². The van der Waals surface area contributed by atoms with E-state index in [1.807, 2.05) is 42.2 Å². The summed E-state index contributed by atoms with van der Waals surface area (Å²) in [6.45, 7) is 4.42. The zero-order valence-electron chi connectivity index (χ0n) is 10.7. The fourth-order valence-corrected chi connectivity index (χ4v) is 2.38. The lowest BCUT2D eigenvalue weighted by molar-refractivity contribution is -0.129. The van der Waals surface area contributed by atoms with Gasteiger partial charge < -0.3 is 10.1 Å². The SMILES string of the molecule is C/C(=N/O)[C@@H]1CC(=O)N([C@@H](C)c2ccccc2)C1. The van der Waals surface area contributed by atoms with Gasteiger partial charge in [0.05, 0.1) is 11.8 Å². The van der Waals surface area contributed by atoms with Crippen molar-refractivity contribution in [1.29, 1.82) is 0 Å². The lowest BCUT2D eigenvalue weighted by Gasteiger charge is -2.25. The van der Waals surface area contributed by atoms with Gasteiger partial charge in [0.2, 0.25) is 5.91 Å². The second kappa shape index (κ2) is 5.21. The Morgan fingerprint density at radius 1 is 1.44 bits per heavy atom. The molecule has 0 saturated carbocycles. The third-order valence-corrected chi connectivity index (χ3v) is 3.66. The zero-order valence-corrected chi connectivity index (χ0v) is 10.7. The van der Waals surface area contributed by atoms with Crippen molar-refractivity contribution in [3.05, 3.63) is 35.9 Å². The molecule has 0 radical (unpaired) electrons. The number of carbonyl (C=O) groups is 1. The Bertz CT molecular complexity index is 456. The molecule has 2 rings (SSSR count). The van der Waals surface area contributed by atoms with E-state index in [2.05, 4.69) is 5.16 Å². The maximum Gasteiger partial charge on any atom is 0.223 e. The molecule has 1 saturated heterocycles. The molecule has 1 aromatic carbocycles. The normalized spacial score (nSPS) is 22.3. The standard InChI is InChI=1S/C14H18N2O2/c1-10(15-18)13-8-14(17)16(9-13)11(2)12-6-4-3-5-7-12/h3-7,11,13,18H,8-9H2,1-2H3/b15-10-/t11-,13+/m0/s1. The monoisotopic (exact) mass is 246 g/mol. The predicted molar refractivity (Wildman–Crippen MR) is 69.6 cm³/mol. The second-order valence-electron chi connectivity index (χ2n) is 4.78. The Morgan fingerprint density at radius 3 is 2.72 bits per heavy atom. The number of amides is 1. The maximum atomic E-state index is 12.0. The molecule has 96 valence electrons. The molecule has 1 aliphatic rings. The van der Waals surface area contributed by atoms with Crippen molar-refractivity contribution in [3.63, 3.8) is 0 Å². The largest absolute Gasteiger partial charge is 0.411 e. The van der Waals surface area contributed by atoms with E-state index >= 15 is 0 Å². The van der Waals surface area contributed by atoms with Gasteiger partial charge in [-0.2, -0.15) is 0 Å². The van der Waals surface area contributed by atoms with Crippen LogP contribution in [-0.4, -0.2) is 28.3 Å². The summed E-state index contributed by atoms with van der Waals surface area (Å²) >= 11 is 0. The Balaban J connectivity index is 2.13. The molecule has 1 amide bonds. The number of nitrogens with zero attached hydrogens (tertiary/aromatic N) is 2. The summed E-state index contributed by atoms with van der Waals surface area (Å²) in [6.07, 6.45) is 0.438. The summed E-state index contributed by atoms with van der Waals surface area (Å²) in [5, 5.41) is 12.0. The number of likely N-dealkylation sites (tertiary alicyclic amines) is 1. The molecule has 1 fully saturated rings. The summed E-state index contributed by atoms with van der Waals surface area (Å²) in [5.41, 5.74) is 1.76. The number of benzene rings is 1. The number of hydrogen-bond acceptors (Lipinski definition) is 3. The molecule has 4 heteroatoms. The Labute approximate surface area is 107 Å². The Kier molecular flexibility index (Phi) is 3.65. The maximum absolute atomic E-state index is 12.0. The second-order valence-corrected chi connectivity index (χ2v) is 4.78. The first-order valence-corrected chi connectivity index (χ1v) is 6.16. The minimum absolute atomic E-state index is 0.0358. The molecule has 1 heterocycles. The molecule has 1 N–H and O–H groups in total. The van der Waals surface area contributed by atoms with Crippen LogP contribution in [-0.2, 0) is 4.79 Å². The van der Waals surface area contributed by atoms with E-state index in [-0.39, 0.29) is 17.9 Å². The number of oxime groups is 1. The highest BCUT2D eigenvalue weighted by Gasteiger charge is 2.34. The average Bonchev–Trinajstić information content (AvgIpc) is 2.80. The lowest BCUT2D eigenvalue weighted by Crippen LogP contribution is -2.29. The van der Waals surface area contributed by atoms with Gasteiger partial charge in [0.25, 0.3) is 0 Å².